The second-order valence-corrected chi connectivity index (χ2v) is 13.7. The zero-order valence-corrected chi connectivity index (χ0v) is 27.7. The van der Waals surface area contributed by atoms with E-state index in [1.807, 2.05) is 40.7 Å². The molecule has 0 bridgehead atoms. The van der Waals surface area contributed by atoms with E-state index in [1.54, 1.807) is 30.8 Å². The summed E-state index contributed by atoms with van der Waals surface area (Å²) < 4.78 is 0. The molecule has 2 rings (SSSR count). The first-order valence-corrected chi connectivity index (χ1v) is 15.5. The fourth-order valence-corrected chi connectivity index (χ4v) is 6.13. The highest BCUT2D eigenvalue weighted by Crippen LogP contribution is 2.27. The normalized spacial score (nSPS) is 21.6. The van der Waals surface area contributed by atoms with Crippen LogP contribution >= 0.6 is 0 Å². The molecule has 42 heavy (non-hydrogen) atoms. The van der Waals surface area contributed by atoms with E-state index in [0.717, 1.165) is 32.2 Å². The quantitative estimate of drug-likeness (QED) is 0.314. The van der Waals surface area contributed by atoms with Crippen molar-refractivity contribution in [3.8, 4) is 12.3 Å². The average molecular weight is 586 g/mol. The molecule has 2 heterocycles. The van der Waals surface area contributed by atoms with Gasteiger partial charge in [0, 0.05) is 32.3 Å². The molecule has 1 unspecified atom stereocenters. The molecule has 0 radical (unpaired) electrons. The molecule has 0 spiro atoms. The Hall–Kier alpha value is -2.86. The maximum absolute atomic E-state index is 14.1. The van der Waals surface area contributed by atoms with Gasteiger partial charge in [0.25, 0.3) is 0 Å². The van der Waals surface area contributed by atoms with Gasteiger partial charge >= 0.3 is 0 Å². The van der Waals surface area contributed by atoms with Gasteiger partial charge in [0.05, 0.1) is 18.6 Å². The molecule has 4 amide bonds. The highest BCUT2D eigenvalue weighted by molar-refractivity contribution is 5.97. The molecule has 0 aromatic heterocycles. The number of carbonyl (C=O) groups is 4. The molecule has 2 saturated heterocycles. The van der Waals surface area contributed by atoms with Gasteiger partial charge in [0.1, 0.15) is 12.1 Å². The van der Waals surface area contributed by atoms with Crippen molar-refractivity contribution in [2.75, 3.05) is 33.7 Å². The SMILES string of the molecule is C#CCN(C)C(=O)[C@@H]1CCCN1C(=O)/C(C)=C/[C@H](C(C)C)N(C)C(=O)[C@@H](NC(=O)C1CCCCN1C(C)C)C(C)(C)C. The zero-order valence-electron chi connectivity index (χ0n) is 27.7. The molecule has 9 nitrogen and oxygen atoms in total. The third kappa shape index (κ3) is 8.59. The maximum atomic E-state index is 14.1. The van der Waals surface area contributed by atoms with Crippen molar-refractivity contribution >= 4 is 23.6 Å². The van der Waals surface area contributed by atoms with Crippen molar-refractivity contribution in [3.63, 3.8) is 0 Å². The molecule has 0 saturated carbocycles. The first-order chi connectivity index (χ1) is 19.5. The summed E-state index contributed by atoms with van der Waals surface area (Å²) in [5, 5.41) is 3.12. The molecule has 9 heteroatoms. The zero-order chi connectivity index (χ0) is 31.9. The standard InChI is InChI=1S/C33H55N5O4/c1-12-18-35(10)31(41)26-17-15-20-38(26)30(40)24(6)21-27(22(2)3)36(11)32(42)28(33(7,8)9)34-29(39)25-16-13-14-19-37(25)23(4)5/h1,21-23,25-28H,13-20H2,2-11H3,(H,34,39)/b24-21+/t25?,26-,27+,28+/m0/s1. The van der Waals surface area contributed by atoms with Crippen LogP contribution in [-0.4, -0.2) is 107 Å². The second kappa shape index (κ2) is 15.0. The van der Waals surface area contributed by atoms with Crippen molar-refractivity contribution in [2.24, 2.45) is 11.3 Å². The fourth-order valence-electron chi connectivity index (χ4n) is 6.13. The lowest BCUT2D eigenvalue weighted by Crippen LogP contribution is -2.60. The van der Waals surface area contributed by atoms with Gasteiger partial charge in [-0.15, -0.1) is 6.42 Å². The molecule has 2 fully saturated rings. The van der Waals surface area contributed by atoms with Crippen LogP contribution in [0.4, 0.5) is 0 Å². The first-order valence-electron chi connectivity index (χ1n) is 15.5. The first kappa shape index (κ1) is 35.3. The average Bonchev–Trinajstić information content (AvgIpc) is 3.41. The van der Waals surface area contributed by atoms with Crippen LogP contribution < -0.4 is 5.32 Å². The topological polar surface area (TPSA) is 93.3 Å². The van der Waals surface area contributed by atoms with E-state index in [4.69, 9.17) is 6.42 Å². The summed E-state index contributed by atoms with van der Waals surface area (Å²) in [5.41, 5.74) is -0.0408. The van der Waals surface area contributed by atoms with Gasteiger partial charge in [-0.1, -0.05) is 53.0 Å². The van der Waals surface area contributed by atoms with Crippen molar-refractivity contribution in [2.45, 2.75) is 118 Å². The van der Waals surface area contributed by atoms with E-state index >= 15 is 0 Å². The smallest absolute Gasteiger partial charge is 0.249 e. The second-order valence-electron chi connectivity index (χ2n) is 13.7. The monoisotopic (exact) mass is 585 g/mol. The van der Waals surface area contributed by atoms with Gasteiger partial charge in [-0.05, 0) is 64.3 Å². The van der Waals surface area contributed by atoms with Crippen molar-refractivity contribution < 1.29 is 19.2 Å². The number of likely N-dealkylation sites (tertiary alicyclic amines) is 2. The molecule has 2 aliphatic rings. The predicted molar refractivity (Wildman–Crippen MR) is 167 cm³/mol. The minimum atomic E-state index is -0.733. The lowest BCUT2D eigenvalue weighted by molar-refractivity contribution is -0.142. The summed E-state index contributed by atoms with van der Waals surface area (Å²) >= 11 is 0. The molecule has 0 aliphatic carbocycles. The third-order valence-corrected chi connectivity index (χ3v) is 8.65. The maximum Gasteiger partial charge on any atom is 0.249 e. The van der Waals surface area contributed by atoms with Crippen molar-refractivity contribution in [3.05, 3.63) is 11.6 Å². The van der Waals surface area contributed by atoms with Crippen LogP contribution in [-0.2, 0) is 19.2 Å². The van der Waals surface area contributed by atoms with Crippen LogP contribution in [0.2, 0.25) is 0 Å². The Kier molecular flexibility index (Phi) is 12.7. The largest absolute Gasteiger partial charge is 0.342 e. The van der Waals surface area contributed by atoms with Crippen LogP contribution in [0.5, 0.6) is 0 Å². The van der Waals surface area contributed by atoms with Gasteiger partial charge in [-0.2, -0.15) is 0 Å². The Morgan fingerprint density at radius 3 is 2.17 bits per heavy atom. The minimum Gasteiger partial charge on any atom is -0.342 e. The predicted octanol–water partition coefficient (Wildman–Crippen LogP) is 3.29. The molecule has 236 valence electrons. The van der Waals surface area contributed by atoms with E-state index in [-0.39, 0.29) is 54.2 Å². The van der Waals surface area contributed by atoms with Crippen LogP contribution in [0.3, 0.4) is 0 Å². The van der Waals surface area contributed by atoms with Crippen molar-refractivity contribution in [1.29, 1.82) is 0 Å². The number of piperidine rings is 1. The van der Waals surface area contributed by atoms with Crippen LogP contribution in [0.1, 0.15) is 87.5 Å². The molecule has 2 aliphatic heterocycles. The summed E-state index contributed by atoms with van der Waals surface area (Å²) in [6.07, 6.45) is 11.4. The number of carbonyl (C=O) groups excluding carboxylic acids is 4. The van der Waals surface area contributed by atoms with Gasteiger partial charge in [0.2, 0.25) is 23.6 Å². The third-order valence-electron chi connectivity index (χ3n) is 8.65. The minimum absolute atomic E-state index is 0.00515. The van der Waals surface area contributed by atoms with E-state index in [2.05, 4.69) is 30.0 Å². The van der Waals surface area contributed by atoms with Gasteiger partial charge in [-0.3, -0.25) is 24.1 Å². The lowest BCUT2D eigenvalue weighted by atomic mass is 9.84. The van der Waals surface area contributed by atoms with E-state index in [9.17, 15) is 19.2 Å². The summed E-state index contributed by atoms with van der Waals surface area (Å²) in [6.45, 7) is 17.4. The number of nitrogens with zero attached hydrogens (tertiary/aromatic N) is 4. The Bertz CT molecular complexity index is 1050. The molecule has 1 N–H and O–H groups in total. The van der Waals surface area contributed by atoms with E-state index < -0.39 is 17.5 Å². The highest BCUT2D eigenvalue weighted by atomic mass is 16.2. The van der Waals surface area contributed by atoms with Crippen molar-refractivity contribution in [1.82, 2.24) is 24.9 Å². The summed E-state index contributed by atoms with van der Waals surface area (Å²) in [5.74, 6) is 1.83. The number of nitrogens with one attached hydrogen (secondary N) is 1. The molecular weight excluding hydrogens is 530 g/mol. The summed E-state index contributed by atoms with van der Waals surface area (Å²) in [6, 6.07) is -1.67. The van der Waals surface area contributed by atoms with E-state index in [1.165, 1.54) is 4.90 Å². The number of rotatable bonds is 10. The number of likely N-dealkylation sites (N-methyl/N-ethyl adjacent to an activating group) is 2. The van der Waals surface area contributed by atoms with Gasteiger partial charge in [0.15, 0.2) is 0 Å². The number of hydrogen-bond donors (Lipinski definition) is 1. The Balaban J connectivity index is 2.28. The lowest BCUT2D eigenvalue weighted by Gasteiger charge is -2.41. The molecule has 4 atom stereocenters. The molecular formula is C33H55N5O4. The van der Waals surface area contributed by atoms with E-state index in [0.29, 0.717) is 18.5 Å². The number of terminal acetylenes is 1. The van der Waals surface area contributed by atoms with Crippen LogP contribution in [0.15, 0.2) is 11.6 Å². The van der Waals surface area contributed by atoms with Crippen LogP contribution in [0, 0.1) is 23.7 Å². The van der Waals surface area contributed by atoms with Gasteiger partial charge in [-0.25, -0.2) is 0 Å². The molecule has 0 aromatic carbocycles. The highest BCUT2D eigenvalue weighted by Gasteiger charge is 2.40. The Morgan fingerprint density at radius 1 is 1.00 bits per heavy atom. The molecule has 0 aromatic rings. The Labute approximate surface area is 254 Å². The number of hydrogen-bond acceptors (Lipinski definition) is 5. The number of amides is 4. The summed E-state index contributed by atoms with van der Waals surface area (Å²) in [7, 11) is 3.39. The fraction of sp³-hybridized carbons (Fsp3) is 0.758. The van der Waals surface area contributed by atoms with Gasteiger partial charge < -0.3 is 20.0 Å². The Morgan fingerprint density at radius 2 is 1.62 bits per heavy atom. The summed E-state index contributed by atoms with van der Waals surface area (Å²) in [4.78, 5) is 61.1. The van der Waals surface area contributed by atoms with Crippen LogP contribution in [0.25, 0.3) is 0 Å².